The first-order chi connectivity index (χ1) is 12.9. The summed E-state index contributed by atoms with van der Waals surface area (Å²) in [6, 6.07) is 8.40. The molecule has 0 spiro atoms. The summed E-state index contributed by atoms with van der Waals surface area (Å²) in [5.74, 6) is -1.09. The fourth-order valence-corrected chi connectivity index (χ4v) is 2.91. The van der Waals surface area contributed by atoms with E-state index < -0.39 is 12.4 Å². The van der Waals surface area contributed by atoms with Gasteiger partial charge in [-0.3, -0.25) is 4.79 Å². The molecule has 0 saturated carbocycles. The van der Waals surface area contributed by atoms with E-state index in [9.17, 15) is 18.0 Å². The van der Waals surface area contributed by atoms with Crippen LogP contribution in [0.25, 0.3) is 11.1 Å². The zero-order valence-corrected chi connectivity index (χ0v) is 14.8. The number of hydrogen-bond acceptors (Lipinski definition) is 4. The minimum absolute atomic E-state index is 0.0999. The van der Waals surface area contributed by atoms with E-state index in [0.29, 0.717) is 35.6 Å². The molecule has 0 unspecified atom stereocenters. The molecule has 1 N–H and O–H groups in total. The first kappa shape index (κ1) is 19.0. The van der Waals surface area contributed by atoms with Gasteiger partial charge in [0.2, 0.25) is 0 Å². The number of methoxy groups -OCH3 is 1. The van der Waals surface area contributed by atoms with Crippen molar-refractivity contribution in [2.24, 2.45) is 0 Å². The van der Waals surface area contributed by atoms with Gasteiger partial charge in [-0.25, -0.2) is 4.39 Å². The van der Waals surface area contributed by atoms with Crippen molar-refractivity contribution in [1.82, 2.24) is 4.90 Å². The molecule has 1 atom stereocenters. The third kappa shape index (κ3) is 4.33. The summed E-state index contributed by atoms with van der Waals surface area (Å²) in [6.45, 7) is -0.411. The average Bonchev–Trinajstić information content (AvgIpc) is 2.62. The van der Waals surface area contributed by atoms with Gasteiger partial charge in [0.25, 0.3) is 5.91 Å². The molecule has 5 nitrogen and oxygen atoms in total. The first-order valence-electron chi connectivity index (χ1n) is 8.33. The number of nitrogens with one attached hydrogen (secondary N) is 1. The summed E-state index contributed by atoms with van der Waals surface area (Å²) in [7, 11) is 1.58. The van der Waals surface area contributed by atoms with Crippen molar-refractivity contribution in [3.05, 3.63) is 47.8 Å². The van der Waals surface area contributed by atoms with Crippen molar-refractivity contribution < 1.29 is 27.4 Å². The van der Waals surface area contributed by atoms with E-state index in [1.165, 1.54) is 12.1 Å². The normalized spacial score (nSPS) is 14.7. The number of nitrogens with zero attached hydrogens (tertiary/aromatic N) is 1. The van der Waals surface area contributed by atoms with Gasteiger partial charge in [-0.15, -0.1) is 0 Å². The van der Waals surface area contributed by atoms with E-state index in [-0.39, 0.29) is 17.8 Å². The van der Waals surface area contributed by atoms with Gasteiger partial charge in [-0.1, -0.05) is 6.07 Å². The molecule has 1 aliphatic heterocycles. The van der Waals surface area contributed by atoms with Gasteiger partial charge < -0.3 is 19.7 Å². The Balaban J connectivity index is 1.87. The van der Waals surface area contributed by atoms with Crippen LogP contribution in [0.1, 0.15) is 17.3 Å². The monoisotopic (exact) mass is 380 g/mol. The molecule has 2 aromatic rings. The molecule has 0 saturated heterocycles. The molecule has 1 heterocycles. The number of ether oxygens (including phenoxy) is 2. The summed E-state index contributed by atoms with van der Waals surface area (Å²) in [5.41, 5.74) is 2.03. The number of benzene rings is 2. The van der Waals surface area contributed by atoms with Gasteiger partial charge in [-0.2, -0.15) is 8.78 Å². The molecular formula is C19H19F3N2O3. The fraction of sp³-hybridized carbons (Fsp3) is 0.316. The number of hydrogen-bond donors (Lipinski definition) is 1. The Bertz CT molecular complexity index is 845. The maximum absolute atomic E-state index is 13.8. The molecule has 0 aliphatic carbocycles. The predicted octanol–water partition coefficient (Wildman–Crippen LogP) is 3.95. The van der Waals surface area contributed by atoms with E-state index in [4.69, 9.17) is 4.74 Å². The minimum atomic E-state index is -3.04. The van der Waals surface area contributed by atoms with Crippen LogP contribution in [0, 0.1) is 5.82 Å². The van der Waals surface area contributed by atoms with Crippen LogP contribution in [0.4, 0.5) is 18.9 Å². The van der Waals surface area contributed by atoms with E-state index in [1.54, 1.807) is 30.2 Å². The quantitative estimate of drug-likeness (QED) is 0.824. The van der Waals surface area contributed by atoms with Crippen molar-refractivity contribution in [3.8, 4) is 16.9 Å². The highest BCUT2D eigenvalue weighted by atomic mass is 19.3. The SMILES string of the molecule is CO[C@@H](C)CN1CNc2cc(-c3cc(F)cc(OC(F)F)c3)ccc2C1=O. The Morgan fingerprint density at radius 1 is 1.19 bits per heavy atom. The molecule has 3 rings (SSSR count). The molecule has 8 heteroatoms. The molecule has 0 bridgehead atoms. The van der Waals surface area contributed by atoms with Crippen LogP contribution in [0.15, 0.2) is 36.4 Å². The lowest BCUT2D eigenvalue weighted by molar-refractivity contribution is -0.0499. The number of halogens is 3. The highest BCUT2D eigenvalue weighted by Gasteiger charge is 2.25. The summed E-state index contributed by atoms with van der Waals surface area (Å²) >= 11 is 0. The van der Waals surface area contributed by atoms with E-state index in [1.807, 2.05) is 6.92 Å². The molecule has 2 aromatic carbocycles. The van der Waals surface area contributed by atoms with Crippen LogP contribution in [0.2, 0.25) is 0 Å². The Hall–Kier alpha value is -2.74. The Morgan fingerprint density at radius 3 is 2.67 bits per heavy atom. The largest absolute Gasteiger partial charge is 0.435 e. The van der Waals surface area contributed by atoms with Gasteiger partial charge in [-0.05, 0) is 42.3 Å². The van der Waals surface area contributed by atoms with E-state index >= 15 is 0 Å². The lowest BCUT2D eigenvalue weighted by Gasteiger charge is -2.31. The Kier molecular flexibility index (Phi) is 5.55. The van der Waals surface area contributed by atoms with Crippen molar-refractivity contribution in [2.45, 2.75) is 19.6 Å². The topological polar surface area (TPSA) is 50.8 Å². The maximum Gasteiger partial charge on any atom is 0.387 e. The molecule has 0 radical (unpaired) electrons. The number of rotatable bonds is 6. The second-order valence-corrected chi connectivity index (χ2v) is 6.22. The molecule has 0 aromatic heterocycles. The standard InChI is InChI=1S/C19H19F3N2O3/c1-11(26-2)9-24-10-23-17-7-12(3-4-16(17)18(24)25)13-5-14(20)8-15(6-13)27-19(21)22/h3-8,11,19,23H,9-10H2,1-2H3/t11-/m0/s1. The third-order valence-electron chi connectivity index (χ3n) is 4.31. The Morgan fingerprint density at radius 2 is 1.96 bits per heavy atom. The smallest absolute Gasteiger partial charge is 0.387 e. The molecule has 1 aliphatic rings. The fourth-order valence-electron chi connectivity index (χ4n) is 2.91. The van der Waals surface area contributed by atoms with Crippen molar-refractivity contribution in [3.63, 3.8) is 0 Å². The molecule has 0 fully saturated rings. The summed E-state index contributed by atoms with van der Waals surface area (Å²) in [6.07, 6.45) is -0.0999. The summed E-state index contributed by atoms with van der Waals surface area (Å²) in [5, 5.41) is 3.15. The number of amides is 1. The maximum atomic E-state index is 13.8. The average molecular weight is 380 g/mol. The van der Waals surface area contributed by atoms with Crippen LogP contribution in [-0.4, -0.2) is 43.8 Å². The number of anilines is 1. The lowest BCUT2D eigenvalue weighted by atomic mass is 10.00. The molecule has 144 valence electrons. The van der Waals surface area contributed by atoms with Gasteiger partial charge in [0.15, 0.2) is 0 Å². The van der Waals surface area contributed by atoms with Gasteiger partial charge in [0.05, 0.1) is 18.3 Å². The zero-order chi connectivity index (χ0) is 19.6. The second kappa shape index (κ2) is 7.87. The molecule has 27 heavy (non-hydrogen) atoms. The van der Waals surface area contributed by atoms with Crippen LogP contribution >= 0.6 is 0 Å². The summed E-state index contributed by atoms with van der Waals surface area (Å²) in [4.78, 5) is 14.2. The lowest BCUT2D eigenvalue weighted by Crippen LogP contribution is -2.43. The van der Waals surface area contributed by atoms with E-state index in [2.05, 4.69) is 10.1 Å². The highest BCUT2D eigenvalue weighted by molar-refractivity contribution is 6.02. The van der Waals surface area contributed by atoms with Crippen LogP contribution in [0.3, 0.4) is 0 Å². The van der Waals surface area contributed by atoms with Gasteiger partial charge >= 0.3 is 6.61 Å². The first-order valence-corrected chi connectivity index (χ1v) is 8.33. The Labute approximate surface area is 154 Å². The number of carbonyl (C=O) groups is 1. The van der Waals surface area contributed by atoms with Gasteiger partial charge in [0, 0.05) is 25.4 Å². The predicted molar refractivity (Wildman–Crippen MR) is 94.5 cm³/mol. The number of carbonyl (C=O) groups excluding carboxylic acids is 1. The van der Waals surface area contributed by atoms with E-state index in [0.717, 1.165) is 6.07 Å². The van der Waals surface area contributed by atoms with Crippen molar-refractivity contribution in [2.75, 3.05) is 25.6 Å². The molecular weight excluding hydrogens is 361 g/mol. The minimum Gasteiger partial charge on any atom is -0.435 e. The van der Waals surface area contributed by atoms with Crippen LogP contribution in [-0.2, 0) is 4.74 Å². The number of alkyl halides is 2. The van der Waals surface area contributed by atoms with Crippen LogP contribution < -0.4 is 10.1 Å². The number of fused-ring (bicyclic) bond motifs is 1. The van der Waals surface area contributed by atoms with Crippen LogP contribution in [0.5, 0.6) is 5.75 Å². The van der Waals surface area contributed by atoms with Crippen molar-refractivity contribution in [1.29, 1.82) is 0 Å². The third-order valence-corrected chi connectivity index (χ3v) is 4.31. The molecule has 1 amide bonds. The van der Waals surface area contributed by atoms with Gasteiger partial charge in [0.1, 0.15) is 11.6 Å². The second-order valence-electron chi connectivity index (χ2n) is 6.22. The van der Waals surface area contributed by atoms with Crippen molar-refractivity contribution >= 4 is 11.6 Å². The summed E-state index contributed by atoms with van der Waals surface area (Å²) < 4.78 is 48.0. The zero-order valence-electron chi connectivity index (χ0n) is 14.8. The highest BCUT2D eigenvalue weighted by Crippen LogP contribution is 2.31.